The molecule has 18 heavy (non-hydrogen) atoms. The number of thiazole rings is 1. The van der Waals surface area contributed by atoms with E-state index in [-0.39, 0.29) is 11.9 Å². The lowest BCUT2D eigenvalue weighted by Crippen LogP contribution is -2.37. The topological polar surface area (TPSA) is 96.5 Å². The maximum absolute atomic E-state index is 12.2. The standard InChI is InChI=1S/C11H15N3O3S/c1-6-7(11(16)17)2-3-14(6)10(15)8-5-18-9(4-12)13-8/h5-7H,2-4,12H2,1H3,(H,16,17). The van der Waals surface area contributed by atoms with Crippen molar-refractivity contribution in [3.8, 4) is 0 Å². The van der Waals surface area contributed by atoms with Crippen LogP contribution in [0.4, 0.5) is 0 Å². The molecule has 2 rings (SSSR count). The van der Waals surface area contributed by atoms with Crippen molar-refractivity contribution < 1.29 is 14.7 Å². The lowest BCUT2D eigenvalue weighted by molar-refractivity contribution is -0.142. The van der Waals surface area contributed by atoms with Crippen molar-refractivity contribution >= 4 is 23.2 Å². The highest BCUT2D eigenvalue weighted by Crippen LogP contribution is 2.26. The summed E-state index contributed by atoms with van der Waals surface area (Å²) < 4.78 is 0. The second kappa shape index (κ2) is 5.03. The van der Waals surface area contributed by atoms with Gasteiger partial charge in [-0.15, -0.1) is 11.3 Å². The number of aromatic nitrogens is 1. The molecule has 98 valence electrons. The first-order valence-electron chi connectivity index (χ1n) is 5.73. The number of amides is 1. The predicted octanol–water partition coefficient (Wildman–Crippen LogP) is 0.537. The molecule has 0 bridgehead atoms. The number of carboxylic acid groups (broad SMARTS) is 1. The van der Waals surface area contributed by atoms with Gasteiger partial charge in [-0.3, -0.25) is 9.59 Å². The van der Waals surface area contributed by atoms with Gasteiger partial charge in [0.1, 0.15) is 10.7 Å². The highest BCUT2D eigenvalue weighted by atomic mass is 32.1. The molecule has 2 atom stereocenters. The molecule has 0 spiro atoms. The summed E-state index contributed by atoms with van der Waals surface area (Å²) in [7, 11) is 0. The van der Waals surface area contributed by atoms with Gasteiger partial charge >= 0.3 is 5.97 Å². The van der Waals surface area contributed by atoms with Gasteiger partial charge in [0.05, 0.1) is 5.92 Å². The first-order chi connectivity index (χ1) is 8.54. The fraction of sp³-hybridized carbons (Fsp3) is 0.545. The number of carbonyl (C=O) groups is 2. The molecule has 0 radical (unpaired) electrons. The van der Waals surface area contributed by atoms with Gasteiger partial charge in [0.25, 0.3) is 5.91 Å². The third-order valence-electron chi connectivity index (χ3n) is 3.28. The Morgan fingerprint density at radius 1 is 1.67 bits per heavy atom. The molecule has 1 fully saturated rings. The Morgan fingerprint density at radius 2 is 2.39 bits per heavy atom. The van der Waals surface area contributed by atoms with Gasteiger partial charge in [-0.1, -0.05) is 0 Å². The minimum absolute atomic E-state index is 0.206. The van der Waals surface area contributed by atoms with Crippen molar-refractivity contribution in [3.63, 3.8) is 0 Å². The van der Waals surface area contributed by atoms with Crippen LogP contribution in [-0.4, -0.2) is 39.5 Å². The summed E-state index contributed by atoms with van der Waals surface area (Å²) in [5.41, 5.74) is 5.81. The zero-order valence-electron chi connectivity index (χ0n) is 10.00. The van der Waals surface area contributed by atoms with Crippen LogP contribution >= 0.6 is 11.3 Å². The predicted molar refractivity (Wildman–Crippen MR) is 66.2 cm³/mol. The molecule has 1 aromatic rings. The second-order valence-electron chi connectivity index (χ2n) is 4.30. The number of carboxylic acids is 1. The van der Waals surface area contributed by atoms with Crippen LogP contribution in [0.5, 0.6) is 0 Å². The van der Waals surface area contributed by atoms with Crippen molar-refractivity contribution in [2.24, 2.45) is 11.7 Å². The van der Waals surface area contributed by atoms with Crippen LogP contribution in [-0.2, 0) is 11.3 Å². The SMILES string of the molecule is CC1C(C(=O)O)CCN1C(=O)c1csc(CN)n1. The Morgan fingerprint density at radius 3 is 2.89 bits per heavy atom. The number of rotatable bonds is 3. The van der Waals surface area contributed by atoms with Crippen LogP contribution in [0.15, 0.2) is 5.38 Å². The highest BCUT2D eigenvalue weighted by molar-refractivity contribution is 7.09. The first-order valence-corrected chi connectivity index (χ1v) is 6.60. The van der Waals surface area contributed by atoms with E-state index in [0.29, 0.717) is 30.2 Å². The molecule has 1 amide bonds. The highest BCUT2D eigenvalue weighted by Gasteiger charge is 2.38. The average molecular weight is 269 g/mol. The van der Waals surface area contributed by atoms with E-state index in [1.807, 2.05) is 0 Å². The normalized spacial score (nSPS) is 23.3. The number of nitrogens with two attached hydrogens (primary N) is 1. The van der Waals surface area contributed by atoms with E-state index >= 15 is 0 Å². The van der Waals surface area contributed by atoms with E-state index in [1.54, 1.807) is 17.2 Å². The third-order valence-corrected chi connectivity index (χ3v) is 4.15. The number of carbonyl (C=O) groups excluding carboxylic acids is 1. The summed E-state index contributed by atoms with van der Waals surface area (Å²) in [6, 6.07) is -0.293. The molecule has 1 aliphatic heterocycles. The van der Waals surface area contributed by atoms with Crippen molar-refractivity contribution in [1.29, 1.82) is 0 Å². The van der Waals surface area contributed by atoms with Crippen molar-refractivity contribution in [2.75, 3.05) is 6.54 Å². The number of nitrogens with zero attached hydrogens (tertiary/aromatic N) is 2. The number of likely N-dealkylation sites (tertiary alicyclic amines) is 1. The van der Waals surface area contributed by atoms with Crippen LogP contribution in [0, 0.1) is 5.92 Å². The van der Waals surface area contributed by atoms with E-state index in [4.69, 9.17) is 10.8 Å². The zero-order valence-corrected chi connectivity index (χ0v) is 10.8. The number of hydrogen-bond donors (Lipinski definition) is 2. The van der Waals surface area contributed by atoms with E-state index in [9.17, 15) is 9.59 Å². The Labute approximate surface area is 108 Å². The minimum atomic E-state index is -0.848. The van der Waals surface area contributed by atoms with Gasteiger partial charge < -0.3 is 15.7 Å². The Bertz CT molecular complexity index is 474. The lowest BCUT2D eigenvalue weighted by Gasteiger charge is -2.22. The molecule has 1 aliphatic rings. The largest absolute Gasteiger partial charge is 0.481 e. The molecular formula is C11H15N3O3S. The van der Waals surface area contributed by atoms with E-state index < -0.39 is 11.9 Å². The van der Waals surface area contributed by atoms with Gasteiger partial charge in [-0.05, 0) is 13.3 Å². The van der Waals surface area contributed by atoms with Crippen molar-refractivity contribution in [1.82, 2.24) is 9.88 Å². The summed E-state index contributed by atoms with van der Waals surface area (Å²) in [5.74, 6) is -1.54. The lowest BCUT2D eigenvalue weighted by atomic mass is 10.0. The van der Waals surface area contributed by atoms with E-state index in [0.717, 1.165) is 0 Å². The van der Waals surface area contributed by atoms with E-state index in [2.05, 4.69) is 4.98 Å². The van der Waals surface area contributed by atoms with Crippen LogP contribution < -0.4 is 5.73 Å². The Hall–Kier alpha value is -1.47. The zero-order chi connectivity index (χ0) is 13.3. The summed E-state index contributed by atoms with van der Waals surface area (Å²) in [4.78, 5) is 28.9. The van der Waals surface area contributed by atoms with E-state index in [1.165, 1.54) is 11.3 Å². The minimum Gasteiger partial charge on any atom is -0.481 e. The first kappa shape index (κ1) is 13.0. The molecule has 0 aromatic carbocycles. The Balaban J connectivity index is 2.13. The number of hydrogen-bond acceptors (Lipinski definition) is 5. The maximum atomic E-state index is 12.2. The van der Waals surface area contributed by atoms with Gasteiger partial charge in [0.2, 0.25) is 0 Å². The molecule has 1 aromatic heterocycles. The number of aliphatic carboxylic acids is 1. The average Bonchev–Trinajstić information content (AvgIpc) is 2.94. The summed E-state index contributed by atoms with van der Waals surface area (Å²) in [6.45, 7) is 2.54. The van der Waals surface area contributed by atoms with Gasteiger partial charge in [0, 0.05) is 24.5 Å². The van der Waals surface area contributed by atoms with Crippen LogP contribution in [0.3, 0.4) is 0 Å². The Kier molecular flexibility index (Phi) is 3.63. The molecule has 0 aliphatic carbocycles. The molecule has 3 N–H and O–H groups in total. The van der Waals surface area contributed by atoms with Crippen LogP contribution in [0.1, 0.15) is 28.8 Å². The molecule has 1 saturated heterocycles. The fourth-order valence-electron chi connectivity index (χ4n) is 2.21. The molecule has 6 nitrogen and oxygen atoms in total. The summed E-state index contributed by atoms with van der Waals surface area (Å²) in [6.07, 6.45) is 0.496. The van der Waals surface area contributed by atoms with Crippen LogP contribution in [0.25, 0.3) is 0 Å². The summed E-state index contributed by atoms with van der Waals surface area (Å²) >= 11 is 1.35. The monoisotopic (exact) mass is 269 g/mol. The molecular weight excluding hydrogens is 254 g/mol. The van der Waals surface area contributed by atoms with Crippen molar-refractivity contribution in [2.45, 2.75) is 25.9 Å². The molecule has 2 heterocycles. The molecule has 2 unspecified atom stereocenters. The van der Waals surface area contributed by atoms with Gasteiger partial charge in [0.15, 0.2) is 0 Å². The smallest absolute Gasteiger partial charge is 0.308 e. The maximum Gasteiger partial charge on any atom is 0.308 e. The molecule has 0 saturated carbocycles. The van der Waals surface area contributed by atoms with Crippen molar-refractivity contribution in [3.05, 3.63) is 16.1 Å². The van der Waals surface area contributed by atoms with Crippen LogP contribution in [0.2, 0.25) is 0 Å². The molecule has 7 heteroatoms. The van der Waals surface area contributed by atoms with Gasteiger partial charge in [-0.2, -0.15) is 0 Å². The van der Waals surface area contributed by atoms with Gasteiger partial charge in [-0.25, -0.2) is 4.98 Å². The quantitative estimate of drug-likeness (QED) is 0.834. The second-order valence-corrected chi connectivity index (χ2v) is 5.25. The third kappa shape index (κ3) is 2.23. The summed E-state index contributed by atoms with van der Waals surface area (Å²) in [5, 5.41) is 11.4. The fourth-order valence-corrected chi connectivity index (χ4v) is 2.86.